The van der Waals surface area contributed by atoms with E-state index in [1.807, 2.05) is 31.2 Å². The maximum absolute atomic E-state index is 12.2. The van der Waals surface area contributed by atoms with Crippen molar-refractivity contribution in [2.45, 2.75) is 20.0 Å². The fourth-order valence-corrected chi connectivity index (χ4v) is 2.34. The Kier molecular flexibility index (Phi) is 5.07. The van der Waals surface area contributed by atoms with Gasteiger partial charge in [0.25, 0.3) is 5.91 Å². The molecule has 22 heavy (non-hydrogen) atoms. The van der Waals surface area contributed by atoms with E-state index in [0.717, 1.165) is 11.1 Å². The normalized spacial score (nSPS) is 11.8. The zero-order chi connectivity index (χ0) is 16.1. The van der Waals surface area contributed by atoms with Crippen LogP contribution in [0.15, 0.2) is 48.5 Å². The maximum Gasteiger partial charge on any atom is 0.252 e. The van der Waals surface area contributed by atoms with Gasteiger partial charge in [-0.15, -0.1) is 0 Å². The number of hydrogen-bond acceptors (Lipinski definition) is 3. The van der Waals surface area contributed by atoms with Crippen LogP contribution in [0.2, 0.25) is 0 Å². The Morgan fingerprint density at radius 1 is 1.05 bits per heavy atom. The third-order valence-electron chi connectivity index (χ3n) is 3.55. The van der Waals surface area contributed by atoms with E-state index >= 15 is 0 Å². The van der Waals surface area contributed by atoms with Crippen LogP contribution < -0.4 is 5.32 Å². The summed E-state index contributed by atoms with van der Waals surface area (Å²) in [4.78, 5) is 23.8. The van der Waals surface area contributed by atoms with Crippen molar-refractivity contribution in [3.8, 4) is 0 Å². The second-order valence-corrected chi connectivity index (χ2v) is 5.18. The summed E-state index contributed by atoms with van der Waals surface area (Å²) >= 11 is 0. The lowest BCUT2D eigenvalue weighted by Crippen LogP contribution is -2.29. The standard InChI is InChI=1S/C18H19NO3/c1-12-7-3-4-8-14(12)17(21)11-19-18(22)16-10-6-5-9-15(16)13(2)20/h3-10,17,21H,11H2,1-2H3,(H,19,22). The van der Waals surface area contributed by atoms with Crippen molar-refractivity contribution < 1.29 is 14.7 Å². The van der Waals surface area contributed by atoms with Crippen molar-refractivity contribution in [2.75, 3.05) is 6.54 Å². The van der Waals surface area contributed by atoms with Gasteiger partial charge in [0.2, 0.25) is 0 Å². The van der Waals surface area contributed by atoms with Crippen LogP contribution >= 0.6 is 0 Å². The summed E-state index contributed by atoms with van der Waals surface area (Å²) in [6.45, 7) is 3.43. The van der Waals surface area contributed by atoms with E-state index in [2.05, 4.69) is 5.32 Å². The van der Waals surface area contributed by atoms with E-state index in [-0.39, 0.29) is 18.2 Å². The van der Waals surface area contributed by atoms with Gasteiger partial charge in [-0.05, 0) is 31.0 Å². The van der Waals surface area contributed by atoms with Gasteiger partial charge in [-0.1, -0.05) is 42.5 Å². The number of aryl methyl sites for hydroxylation is 1. The van der Waals surface area contributed by atoms with Crippen molar-refractivity contribution in [3.63, 3.8) is 0 Å². The lowest BCUT2D eigenvalue weighted by molar-refractivity contribution is 0.0906. The average molecular weight is 297 g/mol. The van der Waals surface area contributed by atoms with Crippen LogP contribution in [-0.4, -0.2) is 23.3 Å². The smallest absolute Gasteiger partial charge is 0.252 e. The number of aliphatic hydroxyl groups is 1. The highest BCUT2D eigenvalue weighted by molar-refractivity contribution is 6.07. The number of aliphatic hydroxyl groups excluding tert-OH is 1. The van der Waals surface area contributed by atoms with Crippen LogP contribution in [0.1, 0.15) is 44.9 Å². The molecule has 4 nitrogen and oxygen atoms in total. The molecule has 2 aromatic carbocycles. The van der Waals surface area contributed by atoms with Crippen LogP contribution in [0.5, 0.6) is 0 Å². The predicted octanol–water partition coefficient (Wildman–Crippen LogP) is 2.66. The molecule has 2 rings (SSSR count). The number of amides is 1. The molecule has 0 aromatic heterocycles. The summed E-state index contributed by atoms with van der Waals surface area (Å²) in [5.74, 6) is -0.524. The molecule has 2 aromatic rings. The summed E-state index contributed by atoms with van der Waals surface area (Å²) in [6, 6.07) is 14.1. The van der Waals surface area contributed by atoms with Gasteiger partial charge in [0.05, 0.1) is 11.7 Å². The molecule has 0 fully saturated rings. The topological polar surface area (TPSA) is 66.4 Å². The van der Waals surface area contributed by atoms with Crippen LogP contribution in [0, 0.1) is 6.92 Å². The molecular formula is C18H19NO3. The van der Waals surface area contributed by atoms with Crippen molar-refractivity contribution in [1.82, 2.24) is 5.32 Å². The van der Waals surface area contributed by atoms with E-state index in [0.29, 0.717) is 11.1 Å². The van der Waals surface area contributed by atoms with Gasteiger partial charge in [0.15, 0.2) is 5.78 Å². The first-order valence-corrected chi connectivity index (χ1v) is 7.12. The van der Waals surface area contributed by atoms with Crippen LogP contribution in [0.25, 0.3) is 0 Å². The lowest BCUT2D eigenvalue weighted by atomic mass is 10.0. The molecule has 1 atom stereocenters. The van der Waals surface area contributed by atoms with Gasteiger partial charge in [-0.3, -0.25) is 9.59 Å². The fraction of sp³-hybridized carbons (Fsp3) is 0.222. The van der Waals surface area contributed by atoms with E-state index in [9.17, 15) is 14.7 Å². The number of ketones is 1. The summed E-state index contributed by atoms with van der Waals surface area (Å²) in [5, 5.41) is 12.9. The molecular weight excluding hydrogens is 278 g/mol. The highest BCUT2D eigenvalue weighted by atomic mass is 16.3. The highest BCUT2D eigenvalue weighted by Gasteiger charge is 2.16. The molecule has 4 heteroatoms. The Labute approximate surface area is 129 Å². The highest BCUT2D eigenvalue weighted by Crippen LogP contribution is 2.16. The molecule has 0 aliphatic heterocycles. The monoisotopic (exact) mass is 297 g/mol. The van der Waals surface area contributed by atoms with Crippen LogP contribution in [-0.2, 0) is 0 Å². The van der Waals surface area contributed by atoms with Gasteiger partial charge >= 0.3 is 0 Å². The summed E-state index contributed by atoms with van der Waals surface area (Å²) < 4.78 is 0. The minimum Gasteiger partial charge on any atom is -0.387 e. The Morgan fingerprint density at radius 2 is 1.64 bits per heavy atom. The Hall–Kier alpha value is -2.46. The number of Topliss-reactive ketones (excluding diaryl/α,β-unsaturated/α-hetero) is 1. The first-order valence-electron chi connectivity index (χ1n) is 7.12. The van der Waals surface area contributed by atoms with Gasteiger partial charge in [0.1, 0.15) is 0 Å². The van der Waals surface area contributed by atoms with E-state index in [1.54, 1.807) is 24.3 Å². The second-order valence-electron chi connectivity index (χ2n) is 5.18. The molecule has 0 radical (unpaired) electrons. The molecule has 2 N–H and O–H groups in total. The number of carbonyl (C=O) groups is 2. The molecule has 114 valence electrons. The Bertz CT molecular complexity index is 694. The van der Waals surface area contributed by atoms with Gasteiger partial charge in [-0.25, -0.2) is 0 Å². The fourth-order valence-electron chi connectivity index (χ4n) is 2.34. The third kappa shape index (κ3) is 3.59. The minimum absolute atomic E-state index is 0.0932. The largest absolute Gasteiger partial charge is 0.387 e. The predicted molar refractivity (Wildman–Crippen MR) is 84.9 cm³/mol. The minimum atomic E-state index is -0.783. The zero-order valence-corrected chi connectivity index (χ0v) is 12.7. The number of rotatable bonds is 5. The summed E-state index contributed by atoms with van der Waals surface area (Å²) in [7, 11) is 0. The van der Waals surface area contributed by atoms with Crippen molar-refractivity contribution in [2.24, 2.45) is 0 Å². The van der Waals surface area contributed by atoms with E-state index < -0.39 is 6.10 Å². The van der Waals surface area contributed by atoms with Crippen molar-refractivity contribution in [3.05, 3.63) is 70.8 Å². The number of benzene rings is 2. The zero-order valence-electron chi connectivity index (χ0n) is 12.7. The van der Waals surface area contributed by atoms with Crippen molar-refractivity contribution in [1.29, 1.82) is 0 Å². The van der Waals surface area contributed by atoms with E-state index in [1.165, 1.54) is 6.92 Å². The van der Waals surface area contributed by atoms with Gasteiger partial charge in [0, 0.05) is 12.1 Å². The van der Waals surface area contributed by atoms with E-state index in [4.69, 9.17) is 0 Å². The first kappa shape index (κ1) is 15.9. The number of carbonyl (C=O) groups excluding carboxylic acids is 2. The Balaban J connectivity index is 2.08. The molecule has 0 heterocycles. The molecule has 0 bridgehead atoms. The van der Waals surface area contributed by atoms with Gasteiger partial charge in [-0.2, -0.15) is 0 Å². The molecule has 1 unspecified atom stereocenters. The average Bonchev–Trinajstić information content (AvgIpc) is 2.52. The second kappa shape index (κ2) is 7.00. The summed E-state index contributed by atoms with van der Waals surface area (Å²) in [5.41, 5.74) is 2.45. The number of hydrogen-bond donors (Lipinski definition) is 2. The lowest BCUT2D eigenvalue weighted by Gasteiger charge is -2.15. The van der Waals surface area contributed by atoms with Crippen molar-refractivity contribution >= 4 is 11.7 Å². The van der Waals surface area contributed by atoms with Gasteiger partial charge < -0.3 is 10.4 Å². The van der Waals surface area contributed by atoms with Crippen LogP contribution in [0.4, 0.5) is 0 Å². The van der Waals surface area contributed by atoms with Crippen LogP contribution in [0.3, 0.4) is 0 Å². The Morgan fingerprint density at radius 3 is 2.27 bits per heavy atom. The molecule has 0 saturated heterocycles. The summed E-state index contributed by atoms with van der Waals surface area (Å²) in [6.07, 6.45) is -0.783. The number of nitrogens with one attached hydrogen (secondary N) is 1. The molecule has 0 aliphatic rings. The molecule has 0 spiro atoms. The maximum atomic E-state index is 12.2. The quantitative estimate of drug-likeness (QED) is 0.834. The molecule has 0 aliphatic carbocycles. The first-order chi connectivity index (χ1) is 10.5. The third-order valence-corrected chi connectivity index (χ3v) is 3.55. The molecule has 0 saturated carbocycles. The molecule has 1 amide bonds. The SMILES string of the molecule is CC(=O)c1ccccc1C(=O)NCC(O)c1ccccc1C.